The fraction of sp³-hybridized carbons (Fsp3) is 0.533. The van der Waals surface area contributed by atoms with Crippen LogP contribution in [0.3, 0.4) is 0 Å². The molecule has 0 saturated heterocycles. The Morgan fingerprint density at radius 3 is 2.58 bits per heavy atom. The molecule has 2 nitrogen and oxygen atoms in total. The second-order valence-corrected chi connectivity index (χ2v) is 6.19. The summed E-state index contributed by atoms with van der Waals surface area (Å²) in [5.74, 6) is 0.962. The van der Waals surface area contributed by atoms with Crippen molar-refractivity contribution in [1.29, 1.82) is 0 Å². The number of benzene rings is 1. The van der Waals surface area contributed by atoms with Crippen LogP contribution in [0.1, 0.15) is 39.5 Å². The van der Waals surface area contributed by atoms with Crippen molar-refractivity contribution in [2.75, 3.05) is 5.75 Å². The Balaban J connectivity index is 2.42. The van der Waals surface area contributed by atoms with Crippen molar-refractivity contribution < 1.29 is 4.79 Å². The third-order valence-electron chi connectivity index (χ3n) is 2.83. The Kier molecular flexibility index (Phi) is 7.99. The molecule has 1 N–H and O–H groups in total. The highest BCUT2D eigenvalue weighted by molar-refractivity contribution is 7.99. The molecule has 0 bridgehead atoms. The maximum atomic E-state index is 11.2. The standard InChI is InChI=1S/C15H22ClNOS/c1-3-4-5-6-14(17-12(2)18)11-19-15-9-7-13(16)8-10-15/h7-10,14H,3-6,11H2,1-2H3,(H,17,18). The lowest BCUT2D eigenvalue weighted by Gasteiger charge is -2.17. The molecule has 19 heavy (non-hydrogen) atoms. The molecule has 1 aromatic rings. The summed E-state index contributed by atoms with van der Waals surface area (Å²) in [6, 6.07) is 8.08. The number of unbranched alkanes of at least 4 members (excludes halogenated alkanes) is 2. The molecular weight excluding hydrogens is 278 g/mol. The number of halogens is 1. The molecule has 0 radical (unpaired) electrons. The minimum Gasteiger partial charge on any atom is -0.353 e. The first-order valence-electron chi connectivity index (χ1n) is 6.77. The van der Waals surface area contributed by atoms with E-state index >= 15 is 0 Å². The minimum atomic E-state index is 0.0539. The molecule has 0 aliphatic rings. The number of thioether (sulfide) groups is 1. The predicted octanol–water partition coefficient (Wildman–Crippen LogP) is 4.52. The summed E-state index contributed by atoms with van der Waals surface area (Å²) in [4.78, 5) is 12.4. The summed E-state index contributed by atoms with van der Waals surface area (Å²) in [7, 11) is 0. The molecule has 0 aliphatic heterocycles. The van der Waals surface area contributed by atoms with Crippen LogP contribution in [0.15, 0.2) is 29.2 Å². The number of nitrogens with one attached hydrogen (secondary N) is 1. The Labute approximate surface area is 125 Å². The highest BCUT2D eigenvalue weighted by Crippen LogP contribution is 2.22. The van der Waals surface area contributed by atoms with Gasteiger partial charge in [-0.05, 0) is 30.7 Å². The van der Waals surface area contributed by atoms with Crippen LogP contribution in [0.5, 0.6) is 0 Å². The average molecular weight is 300 g/mol. The molecule has 0 heterocycles. The normalized spacial score (nSPS) is 12.2. The molecule has 1 rings (SSSR count). The van der Waals surface area contributed by atoms with Crippen molar-refractivity contribution in [2.45, 2.75) is 50.5 Å². The van der Waals surface area contributed by atoms with E-state index < -0.39 is 0 Å². The first-order chi connectivity index (χ1) is 9.11. The molecule has 0 fully saturated rings. The lowest BCUT2D eigenvalue weighted by Crippen LogP contribution is -2.34. The Morgan fingerprint density at radius 2 is 2.00 bits per heavy atom. The van der Waals surface area contributed by atoms with Crippen LogP contribution >= 0.6 is 23.4 Å². The summed E-state index contributed by atoms with van der Waals surface area (Å²) in [6.07, 6.45) is 4.65. The molecule has 0 aliphatic carbocycles. The Bertz CT molecular complexity index is 380. The number of carbonyl (C=O) groups is 1. The van der Waals surface area contributed by atoms with E-state index in [1.165, 1.54) is 24.2 Å². The molecule has 0 spiro atoms. The van der Waals surface area contributed by atoms with E-state index in [0.717, 1.165) is 17.2 Å². The first-order valence-corrected chi connectivity index (χ1v) is 8.13. The Hall–Kier alpha value is -0.670. The van der Waals surface area contributed by atoms with Gasteiger partial charge in [-0.15, -0.1) is 11.8 Å². The quantitative estimate of drug-likeness (QED) is 0.565. The van der Waals surface area contributed by atoms with Crippen LogP contribution in [-0.2, 0) is 4.79 Å². The molecule has 4 heteroatoms. The highest BCUT2D eigenvalue weighted by Gasteiger charge is 2.10. The van der Waals surface area contributed by atoms with Gasteiger partial charge in [0.2, 0.25) is 5.91 Å². The van der Waals surface area contributed by atoms with E-state index in [4.69, 9.17) is 11.6 Å². The van der Waals surface area contributed by atoms with E-state index in [1.807, 2.05) is 24.3 Å². The van der Waals surface area contributed by atoms with Gasteiger partial charge < -0.3 is 5.32 Å². The van der Waals surface area contributed by atoms with E-state index in [9.17, 15) is 4.79 Å². The minimum absolute atomic E-state index is 0.0539. The topological polar surface area (TPSA) is 29.1 Å². The summed E-state index contributed by atoms with van der Waals surface area (Å²) >= 11 is 7.63. The molecule has 1 unspecified atom stereocenters. The van der Waals surface area contributed by atoms with E-state index in [-0.39, 0.29) is 11.9 Å². The van der Waals surface area contributed by atoms with Crippen LogP contribution in [0.25, 0.3) is 0 Å². The fourth-order valence-corrected chi connectivity index (χ4v) is 2.95. The van der Waals surface area contributed by atoms with Crippen molar-refractivity contribution in [3.05, 3.63) is 29.3 Å². The zero-order valence-corrected chi connectivity index (χ0v) is 13.2. The highest BCUT2D eigenvalue weighted by atomic mass is 35.5. The molecule has 0 saturated carbocycles. The van der Waals surface area contributed by atoms with Gasteiger partial charge in [-0.2, -0.15) is 0 Å². The van der Waals surface area contributed by atoms with Gasteiger partial charge in [-0.25, -0.2) is 0 Å². The van der Waals surface area contributed by atoms with Gasteiger partial charge in [-0.3, -0.25) is 4.79 Å². The smallest absolute Gasteiger partial charge is 0.217 e. The van der Waals surface area contributed by atoms with Gasteiger partial charge in [0.15, 0.2) is 0 Å². The van der Waals surface area contributed by atoms with Crippen molar-refractivity contribution in [1.82, 2.24) is 5.32 Å². The van der Waals surface area contributed by atoms with Crippen LogP contribution in [0.4, 0.5) is 0 Å². The molecule has 106 valence electrons. The van der Waals surface area contributed by atoms with Crippen molar-refractivity contribution >= 4 is 29.3 Å². The van der Waals surface area contributed by atoms with Crippen LogP contribution < -0.4 is 5.32 Å². The summed E-state index contributed by atoms with van der Waals surface area (Å²) in [6.45, 7) is 3.77. The SMILES string of the molecule is CCCCCC(CSc1ccc(Cl)cc1)NC(C)=O. The summed E-state index contributed by atoms with van der Waals surface area (Å²) in [5.41, 5.74) is 0. The third-order valence-corrected chi connectivity index (χ3v) is 4.25. The first kappa shape index (κ1) is 16.4. The van der Waals surface area contributed by atoms with Gasteiger partial charge in [-0.1, -0.05) is 37.8 Å². The maximum absolute atomic E-state index is 11.2. The van der Waals surface area contributed by atoms with Gasteiger partial charge in [0.05, 0.1) is 0 Å². The van der Waals surface area contributed by atoms with Gasteiger partial charge in [0.1, 0.15) is 0 Å². The van der Waals surface area contributed by atoms with Gasteiger partial charge in [0.25, 0.3) is 0 Å². The van der Waals surface area contributed by atoms with E-state index in [1.54, 1.807) is 18.7 Å². The largest absolute Gasteiger partial charge is 0.353 e. The summed E-state index contributed by atoms with van der Waals surface area (Å²) in [5, 5.41) is 3.79. The number of hydrogen-bond acceptors (Lipinski definition) is 2. The second-order valence-electron chi connectivity index (χ2n) is 4.66. The number of amides is 1. The van der Waals surface area contributed by atoms with Crippen molar-refractivity contribution in [3.63, 3.8) is 0 Å². The lowest BCUT2D eigenvalue weighted by molar-refractivity contribution is -0.119. The Morgan fingerprint density at radius 1 is 1.32 bits per heavy atom. The zero-order chi connectivity index (χ0) is 14.1. The molecule has 1 atom stereocenters. The van der Waals surface area contributed by atoms with E-state index in [2.05, 4.69) is 12.2 Å². The lowest BCUT2D eigenvalue weighted by atomic mass is 10.1. The van der Waals surface area contributed by atoms with Gasteiger partial charge >= 0.3 is 0 Å². The van der Waals surface area contributed by atoms with Crippen LogP contribution in [0, 0.1) is 0 Å². The van der Waals surface area contributed by atoms with Gasteiger partial charge in [0, 0.05) is 28.6 Å². The number of carbonyl (C=O) groups excluding carboxylic acids is 1. The molecule has 1 amide bonds. The molecule has 1 aromatic carbocycles. The molecule has 0 aromatic heterocycles. The van der Waals surface area contributed by atoms with Crippen molar-refractivity contribution in [3.8, 4) is 0 Å². The number of hydrogen-bond donors (Lipinski definition) is 1. The zero-order valence-electron chi connectivity index (χ0n) is 11.6. The van der Waals surface area contributed by atoms with E-state index in [0.29, 0.717) is 0 Å². The van der Waals surface area contributed by atoms with Crippen LogP contribution in [-0.4, -0.2) is 17.7 Å². The fourth-order valence-electron chi connectivity index (χ4n) is 1.85. The second kappa shape index (κ2) is 9.27. The maximum Gasteiger partial charge on any atom is 0.217 e. The third kappa shape index (κ3) is 7.48. The summed E-state index contributed by atoms with van der Waals surface area (Å²) < 4.78 is 0. The van der Waals surface area contributed by atoms with Crippen LogP contribution in [0.2, 0.25) is 5.02 Å². The molecular formula is C15H22ClNOS. The average Bonchev–Trinajstić information content (AvgIpc) is 2.37. The number of rotatable bonds is 8. The monoisotopic (exact) mass is 299 g/mol. The van der Waals surface area contributed by atoms with Crippen molar-refractivity contribution in [2.24, 2.45) is 0 Å². The predicted molar refractivity (Wildman–Crippen MR) is 83.9 cm³/mol.